The van der Waals surface area contributed by atoms with Crippen LogP contribution in [0.1, 0.15) is 32.1 Å². The van der Waals surface area contributed by atoms with Crippen LogP contribution in [0.15, 0.2) is 33.9 Å². The molecule has 1 saturated heterocycles. The Kier molecular flexibility index (Phi) is 4.25. The van der Waals surface area contributed by atoms with E-state index in [1.807, 2.05) is 0 Å². The minimum Gasteiger partial charge on any atom is -0.322 e. The molecule has 2 aliphatic rings. The quantitative estimate of drug-likeness (QED) is 0.639. The molecule has 0 atom stereocenters. The summed E-state index contributed by atoms with van der Waals surface area (Å²) in [6.45, 7) is -0.539. The molecule has 1 aliphatic carbocycles. The molecule has 0 unspecified atom stereocenters. The standard InChI is InChI=1S/C18H19N5O5/c24-13(10-22-15(26)12-7-3-2-6-11(12)14(25)21-22)20-23-16(27)18(19-17(23)28)8-4-1-5-9-18/h2-3,6-7H,1,4-5,8-10H2,(H,19,28)(H,20,24)(H,21,25). The van der Waals surface area contributed by atoms with Gasteiger partial charge in [0.25, 0.3) is 22.9 Å². The second-order valence-electron chi connectivity index (χ2n) is 7.13. The van der Waals surface area contributed by atoms with Crippen molar-refractivity contribution in [2.45, 2.75) is 44.2 Å². The van der Waals surface area contributed by atoms with Crippen molar-refractivity contribution in [3.63, 3.8) is 0 Å². The minimum absolute atomic E-state index is 0.176. The summed E-state index contributed by atoms with van der Waals surface area (Å²) < 4.78 is 0.856. The van der Waals surface area contributed by atoms with Gasteiger partial charge in [-0.15, -0.1) is 0 Å². The molecule has 146 valence electrons. The first-order valence-electron chi connectivity index (χ1n) is 9.09. The predicted molar refractivity (Wildman–Crippen MR) is 98.2 cm³/mol. The molecule has 1 aromatic heterocycles. The molecule has 0 radical (unpaired) electrons. The highest BCUT2D eigenvalue weighted by Crippen LogP contribution is 2.32. The van der Waals surface area contributed by atoms with Gasteiger partial charge >= 0.3 is 6.03 Å². The van der Waals surface area contributed by atoms with E-state index in [1.165, 1.54) is 12.1 Å². The van der Waals surface area contributed by atoms with Gasteiger partial charge in [-0.05, 0) is 25.0 Å². The topological polar surface area (TPSA) is 133 Å². The number of H-pyrrole nitrogens is 1. The number of carbonyl (C=O) groups excluding carboxylic acids is 3. The van der Waals surface area contributed by atoms with Crippen LogP contribution in [-0.4, -0.2) is 38.2 Å². The number of nitrogens with one attached hydrogen (secondary N) is 3. The molecule has 1 spiro atoms. The maximum Gasteiger partial charge on any atom is 0.344 e. The number of carbonyl (C=O) groups is 3. The molecule has 4 amide bonds. The van der Waals surface area contributed by atoms with Crippen LogP contribution in [0.5, 0.6) is 0 Å². The van der Waals surface area contributed by atoms with Crippen LogP contribution in [0.4, 0.5) is 4.79 Å². The number of hydrazine groups is 1. The Hall–Kier alpha value is -3.43. The summed E-state index contributed by atoms with van der Waals surface area (Å²) in [5, 5.41) is 6.08. The molecule has 1 aromatic carbocycles. The zero-order valence-electron chi connectivity index (χ0n) is 15.0. The normalized spacial score (nSPS) is 18.5. The number of aromatic amines is 1. The average molecular weight is 385 g/mol. The molecular formula is C18H19N5O5. The lowest BCUT2D eigenvalue weighted by Gasteiger charge is -2.30. The lowest BCUT2D eigenvalue weighted by molar-refractivity contribution is -0.140. The van der Waals surface area contributed by atoms with Crippen molar-refractivity contribution in [3.05, 3.63) is 45.0 Å². The number of urea groups is 1. The highest BCUT2D eigenvalue weighted by atomic mass is 16.2. The van der Waals surface area contributed by atoms with Crippen molar-refractivity contribution in [3.8, 4) is 0 Å². The molecule has 1 saturated carbocycles. The molecular weight excluding hydrogens is 366 g/mol. The minimum atomic E-state index is -0.962. The molecule has 3 N–H and O–H groups in total. The maximum atomic E-state index is 12.7. The Morgan fingerprint density at radius 2 is 1.71 bits per heavy atom. The van der Waals surface area contributed by atoms with Gasteiger partial charge in [0.1, 0.15) is 12.1 Å². The molecule has 0 bridgehead atoms. The fraction of sp³-hybridized carbons (Fsp3) is 0.389. The van der Waals surface area contributed by atoms with Crippen molar-refractivity contribution in [1.29, 1.82) is 0 Å². The monoisotopic (exact) mass is 385 g/mol. The fourth-order valence-electron chi connectivity index (χ4n) is 3.88. The second kappa shape index (κ2) is 6.63. The van der Waals surface area contributed by atoms with E-state index in [9.17, 15) is 24.0 Å². The number of imide groups is 1. The number of benzene rings is 1. The Bertz CT molecular complexity index is 1100. The third kappa shape index (κ3) is 2.86. The molecule has 10 nitrogen and oxygen atoms in total. The van der Waals surface area contributed by atoms with Crippen molar-refractivity contribution >= 4 is 28.6 Å². The largest absolute Gasteiger partial charge is 0.344 e. The molecule has 28 heavy (non-hydrogen) atoms. The summed E-state index contributed by atoms with van der Waals surface area (Å²) in [4.78, 5) is 61.8. The summed E-state index contributed by atoms with van der Waals surface area (Å²) in [6.07, 6.45) is 3.70. The first kappa shape index (κ1) is 18.0. The number of amides is 4. The molecule has 4 rings (SSSR count). The fourth-order valence-corrected chi connectivity index (χ4v) is 3.88. The number of rotatable bonds is 3. The van der Waals surface area contributed by atoms with Gasteiger partial charge in [-0.25, -0.2) is 9.48 Å². The first-order chi connectivity index (χ1) is 13.4. The number of nitrogens with zero attached hydrogens (tertiary/aromatic N) is 2. The van der Waals surface area contributed by atoms with Gasteiger partial charge in [-0.1, -0.05) is 31.4 Å². The number of hydrogen-bond donors (Lipinski definition) is 3. The van der Waals surface area contributed by atoms with Crippen molar-refractivity contribution in [2.24, 2.45) is 0 Å². The lowest BCUT2D eigenvalue weighted by Crippen LogP contribution is -2.51. The van der Waals surface area contributed by atoms with E-state index in [0.29, 0.717) is 17.9 Å². The Morgan fingerprint density at radius 3 is 2.43 bits per heavy atom. The van der Waals surface area contributed by atoms with Crippen molar-refractivity contribution < 1.29 is 14.4 Å². The van der Waals surface area contributed by atoms with Gasteiger partial charge in [0.2, 0.25) is 0 Å². The van der Waals surface area contributed by atoms with E-state index < -0.39 is 41.0 Å². The number of aromatic nitrogens is 2. The van der Waals surface area contributed by atoms with Crippen LogP contribution in [0.3, 0.4) is 0 Å². The summed E-state index contributed by atoms with van der Waals surface area (Å²) >= 11 is 0. The first-order valence-corrected chi connectivity index (χ1v) is 9.09. The summed E-state index contributed by atoms with van der Waals surface area (Å²) in [6, 6.07) is 5.55. The third-order valence-corrected chi connectivity index (χ3v) is 5.29. The van der Waals surface area contributed by atoms with Gasteiger partial charge in [-0.3, -0.25) is 29.7 Å². The van der Waals surface area contributed by atoms with Gasteiger partial charge in [0.05, 0.1) is 10.8 Å². The summed E-state index contributed by atoms with van der Waals surface area (Å²) in [5.74, 6) is -1.27. The van der Waals surface area contributed by atoms with Crippen molar-refractivity contribution in [2.75, 3.05) is 0 Å². The Labute approximate surface area is 158 Å². The molecule has 2 fully saturated rings. The molecule has 1 aliphatic heterocycles. The highest BCUT2D eigenvalue weighted by molar-refractivity contribution is 6.08. The van der Waals surface area contributed by atoms with Crippen molar-refractivity contribution in [1.82, 2.24) is 25.5 Å². The van der Waals surface area contributed by atoms with E-state index in [2.05, 4.69) is 15.8 Å². The zero-order chi connectivity index (χ0) is 19.9. The number of hydrogen-bond acceptors (Lipinski definition) is 5. The van der Waals surface area contributed by atoms with E-state index in [-0.39, 0.29) is 10.8 Å². The van der Waals surface area contributed by atoms with E-state index in [1.54, 1.807) is 12.1 Å². The highest BCUT2D eigenvalue weighted by Gasteiger charge is 2.52. The van der Waals surface area contributed by atoms with E-state index >= 15 is 0 Å². The zero-order valence-corrected chi connectivity index (χ0v) is 15.0. The van der Waals surface area contributed by atoms with Crippen LogP contribution in [0, 0.1) is 0 Å². The molecule has 2 aromatic rings. The predicted octanol–water partition coefficient (Wildman–Crippen LogP) is -0.0243. The van der Waals surface area contributed by atoms with Gasteiger partial charge in [-0.2, -0.15) is 5.01 Å². The Balaban J connectivity index is 1.54. The van der Waals surface area contributed by atoms with Crippen LogP contribution in [-0.2, 0) is 16.1 Å². The SMILES string of the molecule is O=C(Cn1[nH]c(=O)c2ccccc2c1=O)NN1C(=O)NC2(CCCCC2)C1=O. The maximum absolute atomic E-state index is 12.7. The van der Waals surface area contributed by atoms with E-state index in [4.69, 9.17) is 0 Å². The Morgan fingerprint density at radius 1 is 1.04 bits per heavy atom. The molecule has 10 heteroatoms. The van der Waals surface area contributed by atoms with Gasteiger partial charge in [0.15, 0.2) is 0 Å². The third-order valence-electron chi connectivity index (χ3n) is 5.29. The molecule has 2 heterocycles. The van der Waals surface area contributed by atoms with E-state index in [0.717, 1.165) is 23.9 Å². The van der Waals surface area contributed by atoms with Crippen LogP contribution in [0.2, 0.25) is 0 Å². The number of fused-ring (bicyclic) bond motifs is 1. The summed E-state index contributed by atoms with van der Waals surface area (Å²) in [7, 11) is 0. The van der Waals surface area contributed by atoms with Crippen LogP contribution < -0.4 is 21.9 Å². The lowest BCUT2D eigenvalue weighted by atomic mass is 9.82. The summed E-state index contributed by atoms with van der Waals surface area (Å²) in [5.41, 5.74) is 0.218. The second-order valence-corrected chi connectivity index (χ2v) is 7.13. The van der Waals surface area contributed by atoms with Gasteiger partial charge < -0.3 is 5.32 Å². The smallest absolute Gasteiger partial charge is 0.322 e. The van der Waals surface area contributed by atoms with Crippen LogP contribution in [0.25, 0.3) is 10.8 Å². The van der Waals surface area contributed by atoms with Crippen LogP contribution >= 0.6 is 0 Å². The van der Waals surface area contributed by atoms with Gasteiger partial charge in [0, 0.05) is 0 Å². The average Bonchev–Trinajstić information content (AvgIpc) is 2.90.